The lowest BCUT2D eigenvalue weighted by Gasteiger charge is -2.42. The molecule has 322 valence electrons. The molecule has 1 N–H and O–H groups in total. The van der Waals surface area contributed by atoms with Gasteiger partial charge in [0.15, 0.2) is 10.9 Å². The number of carbonyl (C=O) groups excluding carboxylic acids is 2. The number of thiazole rings is 1. The van der Waals surface area contributed by atoms with Crippen LogP contribution in [0.1, 0.15) is 91.5 Å². The third kappa shape index (κ3) is 7.44. The summed E-state index contributed by atoms with van der Waals surface area (Å²) in [7, 11) is 0. The summed E-state index contributed by atoms with van der Waals surface area (Å²) < 4.78 is 95.7. The molecule has 5 unspecified atom stereocenters. The predicted octanol–water partition coefficient (Wildman–Crippen LogP) is 9.20. The van der Waals surface area contributed by atoms with Crippen LogP contribution in [0.4, 0.5) is 42.5 Å². The van der Waals surface area contributed by atoms with Crippen LogP contribution in [0.3, 0.4) is 0 Å². The molecule has 2 aromatic carbocycles. The molecule has 1 saturated carbocycles. The summed E-state index contributed by atoms with van der Waals surface area (Å²) in [4.78, 5) is 45.6. The van der Waals surface area contributed by atoms with Gasteiger partial charge in [-0.05, 0) is 97.5 Å². The fraction of sp³-hybridized carbons (Fsp3) is 0.595. The predicted molar refractivity (Wildman–Crippen MR) is 216 cm³/mol. The number of halogens is 5. The van der Waals surface area contributed by atoms with Crippen LogP contribution in [-0.2, 0) is 9.47 Å². The number of nitrogens with one attached hydrogen (secondary N) is 1. The number of aromatic nitrogens is 3. The Morgan fingerprint density at radius 3 is 2.32 bits per heavy atom. The second kappa shape index (κ2) is 14.2. The molecule has 4 aliphatic heterocycles. The summed E-state index contributed by atoms with van der Waals surface area (Å²) in [5.41, 5.74) is -2.60. The van der Waals surface area contributed by atoms with Crippen LogP contribution in [0.15, 0.2) is 18.2 Å². The van der Waals surface area contributed by atoms with Crippen molar-refractivity contribution in [3.8, 4) is 17.1 Å². The summed E-state index contributed by atoms with van der Waals surface area (Å²) in [5, 5.41) is 2.64. The molecule has 2 amide bonds. The number of benzene rings is 2. The van der Waals surface area contributed by atoms with Crippen LogP contribution in [-0.4, -0.2) is 111 Å². The number of rotatable bonds is 7. The first kappa shape index (κ1) is 40.8. The molecule has 1 aliphatic carbocycles. The van der Waals surface area contributed by atoms with Crippen LogP contribution < -0.4 is 15.0 Å². The van der Waals surface area contributed by atoms with Crippen molar-refractivity contribution in [1.82, 2.24) is 24.8 Å². The van der Waals surface area contributed by atoms with Gasteiger partial charge in [-0.1, -0.05) is 11.3 Å². The molecule has 9 rings (SSSR count). The second-order valence-electron chi connectivity index (χ2n) is 18.9. The molecular weight excluding hydrogens is 810 g/mol. The lowest BCUT2D eigenvalue weighted by molar-refractivity contribution is 0.0122. The number of anilines is 2. The van der Waals surface area contributed by atoms with Gasteiger partial charge in [-0.25, -0.2) is 36.5 Å². The number of nitrogens with zero attached hydrogens (tertiary/aromatic N) is 6. The van der Waals surface area contributed by atoms with Crippen molar-refractivity contribution in [2.45, 2.75) is 127 Å². The minimum atomic E-state index is -3.15. The smallest absolute Gasteiger partial charge is 0.413 e. The molecule has 5 fully saturated rings. The van der Waals surface area contributed by atoms with Gasteiger partial charge < -0.3 is 19.1 Å². The third-order valence-corrected chi connectivity index (χ3v) is 13.1. The Labute approximate surface area is 347 Å². The number of piperazine rings is 1. The van der Waals surface area contributed by atoms with E-state index in [-0.39, 0.29) is 79.9 Å². The largest absolute Gasteiger partial charge is 0.461 e. The fourth-order valence-electron chi connectivity index (χ4n) is 9.57. The van der Waals surface area contributed by atoms with Crippen molar-refractivity contribution in [3.63, 3.8) is 0 Å². The van der Waals surface area contributed by atoms with Crippen molar-refractivity contribution in [3.05, 3.63) is 35.4 Å². The Morgan fingerprint density at radius 1 is 0.950 bits per heavy atom. The molecule has 6 heterocycles. The normalized spacial score (nSPS) is 26.2. The Balaban J connectivity index is 1.17. The lowest BCUT2D eigenvalue weighted by atomic mass is 9.92. The number of alkyl halides is 3. The molecule has 0 radical (unpaired) electrons. The molecule has 12 nitrogen and oxygen atoms in total. The Hall–Kier alpha value is -4.58. The molecule has 2 bridgehead atoms. The minimum Gasteiger partial charge on any atom is -0.461 e. The molecule has 4 aromatic rings. The van der Waals surface area contributed by atoms with Gasteiger partial charge in [0.2, 0.25) is 0 Å². The topological polar surface area (TPSA) is 122 Å². The van der Waals surface area contributed by atoms with Crippen LogP contribution in [0.25, 0.3) is 32.2 Å². The van der Waals surface area contributed by atoms with Crippen LogP contribution in [0.5, 0.6) is 6.01 Å². The van der Waals surface area contributed by atoms with Crippen LogP contribution in [0.2, 0.25) is 0 Å². The van der Waals surface area contributed by atoms with Gasteiger partial charge in [0, 0.05) is 49.0 Å². The molecule has 60 heavy (non-hydrogen) atoms. The zero-order valence-electron chi connectivity index (χ0n) is 34.3. The van der Waals surface area contributed by atoms with Crippen molar-refractivity contribution >= 4 is 55.6 Å². The van der Waals surface area contributed by atoms with Crippen molar-refractivity contribution in [2.75, 3.05) is 43.0 Å². The first-order valence-corrected chi connectivity index (χ1v) is 21.3. The number of ether oxygens (including phenoxy) is 3. The van der Waals surface area contributed by atoms with Gasteiger partial charge in [0.1, 0.15) is 41.1 Å². The van der Waals surface area contributed by atoms with E-state index in [1.165, 1.54) is 12.1 Å². The number of hydrogen-bond acceptors (Lipinski definition) is 11. The number of carbonyl (C=O) groups is 2. The van der Waals surface area contributed by atoms with E-state index in [1.54, 1.807) is 46.4 Å². The van der Waals surface area contributed by atoms with Gasteiger partial charge >= 0.3 is 18.2 Å². The number of hydrogen-bond donors (Lipinski definition) is 1. The molecule has 4 saturated heterocycles. The average molecular weight is 858 g/mol. The van der Waals surface area contributed by atoms with E-state index in [1.807, 2.05) is 4.90 Å². The third-order valence-electron chi connectivity index (χ3n) is 12.1. The maximum atomic E-state index is 17.8. The summed E-state index contributed by atoms with van der Waals surface area (Å²) >= 11 is 0.798. The summed E-state index contributed by atoms with van der Waals surface area (Å²) in [6, 6.07) is 3.19. The van der Waals surface area contributed by atoms with E-state index in [9.17, 15) is 14.0 Å². The van der Waals surface area contributed by atoms with E-state index in [0.717, 1.165) is 30.4 Å². The molecule has 18 heteroatoms. The van der Waals surface area contributed by atoms with Crippen molar-refractivity contribution in [2.24, 2.45) is 0 Å². The maximum absolute atomic E-state index is 17.8. The zero-order valence-corrected chi connectivity index (χ0v) is 35.2. The molecule has 0 spiro atoms. The van der Waals surface area contributed by atoms with Gasteiger partial charge in [-0.2, -0.15) is 9.97 Å². The summed E-state index contributed by atoms with van der Waals surface area (Å²) in [5.74, 6) is -5.93. The highest BCUT2D eigenvalue weighted by Crippen LogP contribution is 2.59. The van der Waals surface area contributed by atoms with Crippen LogP contribution >= 0.6 is 11.3 Å². The fourth-order valence-corrected chi connectivity index (χ4v) is 10.5. The molecule has 2 aromatic heterocycles. The van der Waals surface area contributed by atoms with Gasteiger partial charge in [0.25, 0.3) is 5.92 Å². The zero-order chi connectivity index (χ0) is 42.7. The van der Waals surface area contributed by atoms with E-state index in [2.05, 4.69) is 20.2 Å². The molecule has 5 atom stereocenters. The lowest BCUT2D eigenvalue weighted by Crippen LogP contribution is -2.57. The summed E-state index contributed by atoms with van der Waals surface area (Å²) in [6.45, 7) is 12.1. The van der Waals surface area contributed by atoms with Gasteiger partial charge in [-0.3, -0.25) is 15.1 Å². The van der Waals surface area contributed by atoms with Gasteiger partial charge in [-0.15, -0.1) is 0 Å². The monoisotopic (exact) mass is 857 g/mol. The average Bonchev–Trinajstić information content (AvgIpc) is 3.53. The Morgan fingerprint density at radius 2 is 1.65 bits per heavy atom. The maximum Gasteiger partial charge on any atom is 0.413 e. The highest BCUT2D eigenvalue weighted by atomic mass is 32.1. The summed E-state index contributed by atoms with van der Waals surface area (Å²) in [6.07, 6.45) is 0.406. The number of amides is 2. The van der Waals surface area contributed by atoms with E-state index in [0.29, 0.717) is 38.9 Å². The minimum absolute atomic E-state index is 0.0260. The van der Waals surface area contributed by atoms with Gasteiger partial charge in [0.05, 0.1) is 33.8 Å². The SMILES string of the molecule is CC(C)(C)OC(=O)Nc1nc2c(-c3c(C4CC4(F)F)cc4c(N5CC6CCC(C5)N6C(=O)OC(C)(C)C)nc(OCC56CCCN5CC(F)C6)nc4c3F)ccc(F)c2s1. The second-order valence-corrected chi connectivity index (χ2v) is 19.9. The number of fused-ring (bicyclic) bond motifs is 5. The van der Waals surface area contributed by atoms with E-state index in [4.69, 9.17) is 19.2 Å². The quantitative estimate of drug-likeness (QED) is 0.180. The molecule has 5 aliphatic rings. The van der Waals surface area contributed by atoms with Crippen molar-refractivity contribution in [1.29, 1.82) is 0 Å². The Bertz CT molecular complexity index is 2390. The standard InChI is InChI=1S/C42H48F5N7O5S/c1-39(2,3)58-37(55)51-36-49-32-24(10-11-28(44)33(32)60-36)29-25(27-16-42(27,46)47)14-26-31(30(29)45)48-35(57-20-41-12-7-13-53(41)17-21(43)15-41)50-34(26)52-18-22-8-9-23(19-52)54(22)38(56)59-40(4,5)6/h10-11,14,21-23,27H,7-9,12-13,15-20H2,1-6H3,(H,49,51,55). The highest BCUT2D eigenvalue weighted by Gasteiger charge is 2.59. The first-order chi connectivity index (χ1) is 28.2. The highest BCUT2D eigenvalue weighted by molar-refractivity contribution is 7.22. The van der Waals surface area contributed by atoms with Crippen LogP contribution in [0, 0.1) is 11.6 Å². The Kier molecular flexibility index (Phi) is 9.69. The van der Waals surface area contributed by atoms with E-state index >= 15 is 17.6 Å². The van der Waals surface area contributed by atoms with E-state index < -0.39 is 65.0 Å². The molecular formula is C42H48F5N7O5S. The first-order valence-electron chi connectivity index (χ1n) is 20.5. The van der Waals surface area contributed by atoms with Crippen molar-refractivity contribution < 1.29 is 45.8 Å².